The lowest BCUT2D eigenvalue weighted by atomic mass is 10.1. The van der Waals surface area contributed by atoms with Gasteiger partial charge in [0.2, 0.25) is 0 Å². The van der Waals surface area contributed by atoms with Gasteiger partial charge in [0.15, 0.2) is 0 Å². The second-order valence-electron chi connectivity index (χ2n) is 3.46. The second kappa shape index (κ2) is 6.17. The molecule has 0 atom stereocenters. The zero-order valence-corrected chi connectivity index (χ0v) is 11.5. The first-order valence-electron chi connectivity index (χ1n) is 5.13. The summed E-state index contributed by atoms with van der Waals surface area (Å²) in [5.41, 5.74) is 0.660. The molecule has 0 amide bonds. The van der Waals surface area contributed by atoms with Crippen LogP contribution < -0.4 is 0 Å². The van der Waals surface area contributed by atoms with Crippen molar-refractivity contribution in [3.8, 4) is 0 Å². The Bertz CT molecular complexity index is 538. The van der Waals surface area contributed by atoms with Crippen LogP contribution in [0.5, 0.6) is 0 Å². The fourth-order valence-corrected chi connectivity index (χ4v) is 2.21. The summed E-state index contributed by atoms with van der Waals surface area (Å²) < 4.78 is 32.3. The Kier molecular flexibility index (Phi) is 5.13. The van der Waals surface area contributed by atoms with Crippen molar-refractivity contribution in [3.63, 3.8) is 0 Å². The molecule has 0 heterocycles. The summed E-state index contributed by atoms with van der Waals surface area (Å²) in [6.45, 7) is 2.04. The van der Waals surface area contributed by atoms with Crippen molar-refractivity contribution >= 4 is 25.7 Å². The van der Waals surface area contributed by atoms with E-state index in [2.05, 4.69) is 0 Å². The van der Waals surface area contributed by atoms with Crippen molar-refractivity contribution in [1.82, 2.24) is 0 Å². The van der Waals surface area contributed by atoms with Crippen molar-refractivity contribution in [2.75, 3.05) is 13.7 Å². The Hall–Kier alpha value is -1.11. The second-order valence-corrected chi connectivity index (χ2v) is 6.02. The monoisotopic (exact) mass is 292 g/mol. The number of benzene rings is 1. The third-order valence-corrected chi connectivity index (χ3v) is 3.40. The molecule has 0 spiro atoms. The number of rotatable bonds is 5. The van der Waals surface area contributed by atoms with Gasteiger partial charge in [0.1, 0.15) is 0 Å². The average Bonchev–Trinajstić information content (AvgIpc) is 2.28. The summed E-state index contributed by atoms with van der Waals surface area (Å²) in [5.74, 6) is -0.600. The topological polar surface area (TPSA) is 69.7 Å². The van der Waals surface area contributed by atoms with Gasteiger partial charge in [-0.25, -0.2) is 13.2 Å². The van der Waals surface area contributed by atoms with E-state index in [1.807, 2.05) is 0 Å². The van der Waals surface area contributed by atoms with Crippen LogP contribution >= 0.6 is 10.7 Å². The van der Waals surface area contributed by atoms with Crippen molar-refractivity contribution in [2.24, 2.45) is 0 Å². The number of ether oxygens (including phenoxy) is 2. The van der Waals surface area contributed by atoms with E-state index in [1.165, 1.54) is 25.3 Å². The minimum absolute atomic E-state index is 0.130. The maximum atomic E-state index is 11.6. The highest BCUT2D eigenvalue weighted by Crippen LogP contribution is 2.20. The highest BCUT2D eigenvalue weighted by molar-refractivity contribution is 8.13. The molecule has 0 saturated heterocycles. The minimum atomic E-state index is -3.91. The van der Waals surface area contributed by atoms with Crippen LogP contribution in [-0.4, -0.2) is 28.1 Å². The number of halogens is 1. The number of carbonyl (C=O) groups is 1. The van der Waals surface area contributed by atoms with E-state index < -0.39 is 15.0 Å². The van der Waals surface area contributed by atoms with Gasteiger partial charge in [0.05, 0.1) is 23.7 Å². The Balaban J connectivity index is 3.26. The predicted octanol–water partition coefficient (Wildman–Crippen LogP) is 1.94. The van der Waals surface area contributed by atoms with Crippen molar-refractivity contribution in [1.29, 1.82) is 0 Å². The van der Waals surface area contributed by atoms with E-state index in [-0.39, 0.29) is 23.7 Å². The molecule has 5 nitrogen and oxygen atoms in total. The van der Waals surface area contributed by atoms with Gasteiger partial charge in [-0.15, -0.1) is 0 Å². The number of esters is 1. The highest BCUT2D eigenvalue weighted by atomic mass is 35.7. The third kappa shape index (κ3) is 3.97. The Morgan fingerprint density at radius 1 is 1.33 bits per heavy atom. The van der Waals surface area contributed by atoms with Crippen LogP contribution in [0.1, 0.15) is 22.8 Å². The van der Waals surface area contributed by atoms with Crippen LogP contribution in [-0.2, 0) is 25.1 Å². The zero-order chi connectivity index (χ0) is 13.8. The van der Waals surface area contributed by atoms with Crippen LogP contribution in [0.25, 0.3) is 0 Å². The Labute approximate surface area is 110 Å². The maximum Gasteiger partial charge on any atom is 0.338 e. The molecule has 0 aliphatic heterocycles. The normalized spacial score (nSPS) is 11.3. The molecule has 0 N–H and O–H groups in total. The molecule has 0 aromatic heterocycles. The minimum Gasteiger partial charge on any atom is -0.462 e. The number of hydrogen-bond acceptors (Lipinski definition) is 5. The number of hydrogen-bond donors (Lipinski definition) is 0. The van der Waals surface area contributed by atoms with E-state index in [4.69, 9.17) is 20.2 Å². The van der Waals surface area contributed by atoms with Crippen LogP contribution in [0.4, 0.5) is 0 Å². The molecular formula is C11H13ClO5S. The van der Waals surface area contributed by atoms with Crippen LogP contribution in [0.3, 0.4) is 0 Å². The van der Waals surface area contributed by atoms with Gasteiger partial charge in [0.25, 0.3) is 9.05 Å². The first-order chi connectivity index (χ1) is 8.38. The van der Waals surface area contributed by atoms with Crippen molar-refractivity contribution in [3.05, 3.63) is 29.3 Å². The summed E-state index contributed by atoms with van der Waals surface area (Å²) in [7, 11) is 2.82. The van der Waals surface area contributed by atoms with Gasteiger partial charge in [-0.1, -0.05) is 0 Å². The number of methoxy groups -OCH3 is 1. The van der Waals surface area contributed by atoms with Gasteiger partial charge in [-0.2, -0.15) is 0 Å². The van der Waals surface area contributed by atoms with Crippen LogP contribution in [0, 0.1) is 0 Å². The lowest BCUT2D eigenvalue weighted by Gasteiger charge is -2.07. The first kappa shape index (κ1) is 14.9. The fraction of sp³-hybridized carbons (Fsp3) is 0.364. The van der Waals surface area contributed by atoms with Crippen molar-refractivity contribution < 1.29 is 22.7 Å². The lowest BCUT2D eigenvalue weighted by Crippen LogP contribution is -2.07. The van der Waals surface area contributed by atoms with Gasteiger partial charge < -0.3 is 9.47 Å². The van der Waals surface area contributed by atoms with E-state index in [0.717, 1.165) is 0 Å². The van der Waals surface area contributed by atoms with Crippen molar-refractivity contribution in [2.45, 2.75) is 18.4 Å². The molecule has 1 rings (SSSR count). The fourth-order valence-electron chi connectivity index (χ4n) is 1.38. The number of carbonyl (C=O) groups excluding carboxylic acids is 1. The smallest absolute Gasteiger partial charge is 0.338 e. The molecule has 0 aliphatic carbocycles. The highest BCUT2D eigenvalue weighted by Gasteiger charge is 2.16. The SMILES string of the molecule is CCOC(=O)c1cc(COC)cc(S(=O)(=O)Cl)c1. The molecule has 0 aliphatic rings. The van der Waals surface area contributed by atoms with Gasteiger partial charge in [-0.05, 0) is 30.7 Å². The largest absolute Gasteiger partial charge is 0.462 e. The molecule has 0 bridgehead atoms. The van der Waals surface area contributed by atoms with Crippen LogP contribution in [0.15, 0.2) is 23.1 Å². The lowest BCUT2D eigenvalue weighted by molar-refractivity contribution is 0.0525. The molecule has 18 heavy (non-hydrogen) atoms. The molecule has 7 heteroatoms. The molecule has 1 aromatic carbocycles. The quantitative estimate of drug-likeness (QED) is 0.613. The first-order valence-corrected chi connectivity index (χ1v) is 7.44. The van der Waals surface area contributed by atoms with E-state index in [0.29, 0.717) is 5.56 Å². The molecule has 1 aromatic rings. The Morgan fingerprint density at radius 2 is 2.00 bits per heavy atom. The molecule has 0 fully saturated rings. The molecule has 100 valence electrons. The standard InChI is InChI=1S/C11H13ClO5S/c1-3-17-11(13)9-4-8(7-16-2)5-10(6-9)18(12,14)15/h4-6H,3,7H2,1-2H3. The van der Waals surface area contributed by atoms with Gasteiger partial charge in [0, 0.05) is 17.8 Å². The summed E-state index contributed by atoms with van der Waals surface area (Å²) in [6, 6.07) is 4.04. The summed E-state index contributed by atoms with van der Waals surface area (Å²) >= 11 is 0. The summed E-state index contributed by atoms with van der Waals surface area (Å²) in [6.07, 6.45) is 0. The zero-order valence-electron chi connectivity index (χ0n) is 9.97. The Morgan fingerprint density at radius 3 is 2.50 bits per heavy atom. The molecule has 0 saturated carbocycles. The third-order valence-electron chi connectivity index (χ3n) is 2.07. The van der Waals surface area contributed by atoms with Crippen LogP contribution in [0.2, 0.25) is 0 Å². The van der Waals surface area contributed by atoms with Gasteiger partial charge in [-0.3, -0.25) is 0 Å². The molecule has 0 radical (unpaired) electrons. The van der Waals surface area contributed by atoms with E-state index in [9.17, 15) is 13.2 Å². The average molecular weight is 293 g/mol. The van der Waals surface area contributed by atoms with Gasteiger partial charge >= 0.3 is 5.97 Å². The predicted molar refractivity (Wildman–Crippen MR) is 66.2 cm³/mol. The molecule has 0 unspecified atom stereocenters. The summed E-state index contributed by atoms with van der Waals surface area (Å²) in [5, 5.41) is 0. The van der Waals surface area contributed by atoms with E-state index >= 15 is 0 Å². The maximum absolute atomic E-state index is 11.6. The summed E-state index contributed by atoms with van der Waals surface area (Å²) in [4.78, 5) is 11.4. The van der Waals surface area contributed by atoms with E-state index in [1.54, 1.807) is 6.92 Å². The molecular weight excluding hydrogens is 280 g/mol.